The maximum atomic E-state index is 10.0. The second kappa shape index (κ2) is 6.64. The molecule has 1 aromatic rings. The third-order valence-electron chi connectivity index (χ3n) is 3.70. The molecule has 1 rings (SSSR count). The van der Waals surface area contributed by atoms with Gasteiger partial charge in [-0.2, -0.15) is 0 Å². The van der Waals surface area contributed by atoms with E-state index < -0.39 is 0 Å². The molecular formula is C15H25NO2. The Kier molecular flexibility index (Phi) is 5.48. The molecule has 0 aliphatic heterocycles. The molecule has 0 amide bonds. The summed E-state index contributed by atoms with van der Waals surface area (Å²) >= 11 is 0. The number of aromatic hydroxyl groups is 1. The van der Waals surface area contributed by atoms with Crippen LogP contribution in [0.4, 0.5) is 0 Å². The number of hydrogen-bond acceptors (Lipinski definition) is 3. The van der Waals surface area contributed by atoms with Crippen molar-refractivity contribution in [3.05, 3.63) is 23.8 Å². The fourth-order valence-electron chi connectivity index (χ4n) is 2.23. The van der Waals surface area contributed by atoms with Gasteiger partial charge in [-0.1, -0.05) is 19.4 Å². The summed E-state index contributed by atoms with van der Waals surface area (Å²) in [5.74, 6) is 0.991. The van der Waals surface area contributed by atoms with E-state index in [1.807, 2.05) is 12.1 Å². The van der Waals surface area contributed by atoms with Crippen LogP contribution in [0.5, 0.6) is 11.5 Å². The van der Waals surface area contributed by atoms with E-state index in [1.165, 1.54) is 6.42 Å². The Hall–Kier alpha value is -1.22. The standard InChI is InChI=1S/C15H25NO2/c1-6-7-11(2)16(4)12(3)14-9-8-13(18-5)10-15(14)17/h8-12,17H,6-7H2,1-5H3. The molecule has 18 heavy (non-hydrogen) atoms. The minimum absolute atomic E-state index is 0.192. The van der Waals surface area contributed by atoms with Gasteiger partial charge in [0.2, 0.25) is 0 Å². The number of nitrogens with zero attached hydrogens (tertiary/aromatic N) is 1. The van der Waals surface area contributed by atoms with E-state index in [2.05, 4.69) is 32.7 Å². The van der Waals surface area contributed by atoms with Gasteiger partial charge in [-0.15, -0.1) is 0 Å². The predicted octanol–water partition coefficient (Wildman–Crippen LogP) is 3.58. The summed E-state index contributed by atoms with van der Waals surface area (Å²) in [5, 5.41) is 10.0. The molecule has 0 spiro atoms. The molecule has 0 heterocycles. The maximum Gasteiger partial charge on any atom is 0.124 e. The van der Waals surface area contributed by atoms with Gasteiger partial charge in [0.1, 0.15) is 11.5 Å². The summed E-state index contributed by atoms with van der Waals surface area (Å²) in [6.45, 7) is 6.54. The highest BCUT2D eigenvalue weighted by Gasteiger charge is 2.19. The molecule has 3 nitrogen and oxygen atoms in total. The summed E-state index contributed by atoms with van der Waals surface area (Å²) in [5.41, 5.74) is 0.946. The van der Waals surface area contributed by atoms with Crippen LogP contribution in [0.3, 0.4) is 0 Å². The van der Waals surface area contributed by atoms with E-state index in [0.717, 1.165) is 12.0 Å². The van der Waals surface area contributed by atoms with Gasteiger partial charge in [0, 0.05) is 23.7 Å². The Morgan fingerprint density at radius 2 is 2.00 bits per heavy atom. The van der Waals surface area contributed by atoms with E-state index in [4.69, 9.17) is 4.74 Å². The van der Waals surface area contributed by atoms with E-state index in [1.54, 1.807) is 13.2 Å². The first-order valence-electron chi connectivity index (χ1n) is 6.60. The van der Waals surface area contributed by atoms with Gasteiger partial charge in [-0.25, -0.2) is 0 Å². The van der Waals surface area contributed by atoms with Gasteiger partial charge in [-0.05, 0) is 33.4 Å². The SMILES string of the molecule is CCCC(C)N(C)C(C)c1ccc(OC)cc1O. The Balaban J connectivity index is 2.86. The third kappa shape index (κ3) is 3.39. The van der Waals surface area contributed by atoms with Crippen LogP contribution in [0.2, 0.25) is 0 Å². The van der Waals surface area contributed by atoms with Crippen molar-refractivity contribution in [3.8, 4) is 11.5 Å². The van der Waals surface area contributed by atoms with Crippen LogP contribution < -0.4 is 4.74 Å². The first kappa shape index (κ1) is 14.8. The van der Waals surface area contributed by atoms with Crippen LogP contribution in [0.1, 0.15) is 45.2 Å². The van der Waals surface area contributed by atoms with Gasteiger partial charge in [-0.3, -0.25) is 4.90 Å². The number of hydrogen-bond donors (Lipinski definition) is 1. The molecule has 0 saturated heterocycles. The average Bonchev–Trinajstić information content (AvgIpc) is 2.37. The van der Waals surface area contributed by atoms with E-state index in [0.29, 0.717) is 17.5 Å². The Labute approximate surface area is 110 Å². The second-order valence-corrected chi connectivity index (χ2v) is 4.90. The Bertz CT molecular complexity index is 379. The van der Waals surface area contributed by atoms with Crippen molar-refractivity contribution in [2.45, 2.75) is 45.7 Å². The molecule has 0 aliphatic rings. The topological polar surface area (TPSA) is 32.7 Å². The normalized spacial score (nSPS) is 14.6. The van der Waals surface area contributed by atoms with Crippen molar-refractivity contribution in [2.24, 2.45) is 0 Å². The quantitative estimate of drug-likeness (QED) is 0.838. The lowest BCUT2D eigenvalue weighted by Crippen LogP contribution is -2.31. The molecular weight excluding hydrogens is 226 g/mol. The molecule has 2 atom stereocenters. The Morgan fingerprint density at radius 3 is 2.50 bits per heavy atom. The number of phenolic OH excluding ortho intramolecular Hbond substituents is 1. The van der Waals surface area contributed by atoms with Crippen molar-refractivity contribution in [2.75, 3.05) is 14.2 Å². The highest BCUT2D eigenvalue weighted by molar-refractivity contribution is 5.41. The molecule has 0 aromatic heterocycles. The van der Waals surface area contributed by atoms with Gasteiger partial charge in [0.25, 0.3) is 0 Å². The predicted molar refractivity (Wildman–Crippen MR) is 75.2 cm³/mol. The largest absolute Gasteiger partial charge is 0.507 e. The number of benzene rings is 1. The average molecular weight is 251 g/mol. The molecule has 1 N–H and O–H groups in total. The van der Waals surface area contributed by atoms with Gasteiger partial charge in [0.05, 0.1) is 7.11 Å². The molecule has 1 aromatic carbocycles. The maximum absolute atomic E-state index is 10.0. The summed E-state index contributed by atoms with van der Waals surface area (Å²) < 4.78 is 5.10. The van der Waals surface area contributed by atoms with E-state index in [-0.39, 0.29) is 6.04 Å². The van der Waals surface area contributed by atoms with Crippen molar-refractivity contribution in [1.29, 1.82) is 0 Å². The van der Waals surface area contributed by atoms with Crippen LogP contribution in [-0.2, 0) is 0 Å². The second-order valence-electron chi connectivity index (χ2n) is 4.90. The van der Waals surface area contributed by atoms with Crippen molar-refractivity contribution >= 4 is 0 Å². The van der Waals surface area contributed by atoms with Gasteiger partial charge >= 0.3 is 0 Å². The van der Waals surface area contributed by atoms with Crippen molar-refractivity contribution in [1.82, 2.24) is 4.90 Å². The molecule has 3 heteroatoms. The number of phenols is 1. The van der Waals surface area contributed by atoms with Gasteiger partial charge in [0.15, 0.2) is 0 Å². The zero-order valence-corrected chi connectivity index (χ0v) is 12.1. The van der Waals surface area contributed by atoms with Crippen LogP contribution in [0, 0.1) is 0 Å². The summed E-state index contributed by atoms with van der Waals surface area (Å²) in [6.07, 6.45) is 2.34. The molecule has 102 valence electrons. The number of rotatable bonds is 6. The lowest BCUT2D eigenvalue weighted by Gasteiger charge is -2.31. The van der Waals surface area contributed by atoms with Crippen LogP contribution in [0.15, 0.2) is 18.2 Å². The fourth-order valence-corrected chi connectivity index (χ4v) is 2.23. The lowest BCUT2D eigenvalue weighted by molar-refractivity contribution is 0.185. The van der Waals surface area contributed by atoms with Crippen LogP contribution in [-0.4, -0.2) is 30.2 Å². The molecule has 0 aliphatic carbocycles. The third-order valence-corrected chi connectivity index (χ3v) is 3.70. The van der Waals surface area contributed by atoms with Crippen molar-refractivity contribution in [3.63, 3.8) is 0 Å². The van der Waals surface area contributed by atoms with E-state index in [9.17, 15) is 5.11 Å². The minimum atomic E-state index is 0.192. The van der Waals surface area contributed by atoms with Gasteiger partial charge < -0.3 is 9.84 Å². The first-order valence-corrected chi connectivity index (χ1v) is 6.60. The molecule has 0 radical (unpaired) electrons. The summed E-state index contributed by atoms with van der Waals surface area (Å²) in [4.78, 5) is 2.30. The smallest absolute Gasteiger partial charge is 0.124 e. The number of ether oxygens (including phenoxy) is 1. The monoisotopic (exact) mass is 251 g/mol. The van der Waals surface area contributed by atoms with Crippen LogP contribution >= 0.6 is 0 Å². The highest BCUT2D eigenvalue weighted by atomic mass is 16.5. The summed E-state index contributed by atoms with van der Waals surface area (Å²) in [6, 6.07) is 6.20. The van der Waals surface area contributed by atoms with Crippen molar-refractivity contribution < 1.29 is 9.84 Å². The zero-order chi connectivity index (χ0) is 13.7. The zero-order valence-electron chi connectivity index (χ0n) is 12.1. The molecule has 2 unspecified atom stereocenters. The molecule has 0 saturated carbocycles. The Morgan fingerprint density at radius 1 is 1.33 bits per heavy atom. The fraction of sp³-hybridized carbons (Fsp3) is 0.600. The highest BCUT2D eigenvalue weighted by Crippen LogP contribution is 2.32. The first-order chi connectivity index (χ1) is 8.51. The number of methoxy groups -OCH3 is 1. The van der Waals surface area contributed by atoms with Crippen LogP contribution in [0.25, 0.3) is 0 Å². The molecule has 0 fully saturated rings. The van der Waals surface area contributed by atoms with E-state index >= 15 is 0 Å². The lowest BCUT2D eigenvalue weighted by atomic mass is 10.0. The minimum Gasteiger partial charge on any atom is -0.507 e. The molecule has 0 bridgehead atoms. The summed E-state index contributed by atoms with van der Waals surface area (Å²) in [7, 11) is 3.71.